The number of hydrogen-bond donors (Lipinski definition) is 2. The van der Waals surface area contributed by atoms with Crippen LogP contribution in [-0.4, -0.2) is 32.3 Å². The number of halogens is 1. The summed E-state index contributed by atoms with van der Waals surface area (Å²) in [7, 11) is 1.64. The predicted molar refractivity (Wildman–Crippen MR) is 149 cm³/mol. The van der Waals surface area contributed by atoms with E-state index in [-0.39, 0.29) is 17.1 Å². The molecule has 208 valence electrons. The van der Waals surface area contributed by atoms with Crippen LogP contribution in [0.25, 0.3) is 10.8 Å². The van der Waals surface area contributed by atoms with Crippen LogP contribution in [0.5, 0.6) is 0 Å². The molecule has 1 fully saturated rings. The molecular weight excluding hydrogens is 533 g/mol. The molecule has 1 saturated carbocycles. The summed E-state index contributed by atoms with van der Waals surface area (Å²) >= 11 is 1.47. The van der Waals surface area contributed by atoms with Gasteiger partial charge in [0.15, 0.2) is 5.82 Å². The zero-order valence-electron chi connectivity index (χ0n) is 22.8. The summed E-state index contributed by atoms with van der Waals surface area (Å²) < 4.78 is 20.7. The second kappa shape index (κ2) is 10.8. The Labute approximate surface area is 234 Å². The largest absolute Gasteiger partial charge is 0.344 e. The van der Waals surface area contributed by atoms with Crippen LogP contribution in [0.4, 0.5) is 10.1 Å². The fraction of sp³-hybridized carbons (Fsp3) is 0.345. The number of carbonyl (C=O) groups excluding carboxylic acids is 3. The number of anilines is 1. The van der Waals surface area contributed by atoms with Gasteiger partial charge in [-0.3, -0.25) is 14.4 Å². The van der Waals surface area contributed by atoms with E-state index in [2.05, 4.69) is 20.8 Å². The van der Waals surface area contributed by atoms with E-state index in [1.165, 1.54) is 29.5 Å². The van der Waals surface area contributed by atoms with Crippen molar-refractivity contribution < 1.29 is 23.3 Å². The van der Waals surface area contributed by atoms with E-state index in [9.17, 15) is 18.8 Å². The van der Waals surface area contributed by atoms with Crippen molar-refractivity contribution in [1.82, 2.24) is 20.0 Å². The Bertz CT molecular complexity index is 1600. The number of carbonyl (C=O) groups is 3. The summed E-state index contributed by atoms with van der Waals surface area (Å²) in [4.78, 5) is 45.7. The van der Waals surface area contributed by atoms with Gasteiger partial charge in [-0.15, -0.1) is 11.3 Å². The zero-order valence-corrected chi connectivity index (χ0v) is 23.6. The molecule has 4 aromatic rings. The minimum atomic E-state index is -0.932. The number of rotatable bonds is 7. The van der Waals surface area contributed by atoms with Crippen molar-refractivity contribution in [2.45, 2.75) is 58.4 Å². The smallest absolute Gasteiger partial charge is 0.294 e. The highest BCUT2D eigenvalue weighted by atomic mass is 32.1. The first kappa shape index (κ1) is 27.4. The highest BCUT2D eigenvalue weighted by molar-refractivity contribution is 7.13. The average Bonchev–Trinajstić information content (AvgIpc) is 3.67. The van der Waals surface area contributed by atoms with Crippen molar-refractivity contribution in [3.8, 4) is 10.8 Å². The number of nitrogens with one attached hydrogen (secondary N) is 2. The van der Waals surface area contributed by atoms with Gasteiger partial charge in [0.1, 0.15) is 11.4 Å². The van der Waals surface area contributed by atoms with Crippen LogP contribution in [0.15, 0.2) is 40.2 Å². The molecule has 40 heavy (non-hydrogen) atoms. The van der Waals surface area contributed by atoms with E-state index in [1.807, 2.05) is 17.5 Å². The summed E-state index contributed by atoms with van der Waals surface area (Å²) in [6.45, 7) is 4.96. The molecule has 0 spiro atoms. The van der Waals surface area contributed by atoms with E-state index in [0.717, 1.165) is 24.1 Å². The summed E-state index contributed by atoms with van der Waals surface area (Å²) in [5.41, 5.74) is 1.20. The lowest BCUT2D eigenvalue weighted by Gasteiger charge is -2.35. The lowest BCUT2D eigenvalue weighted by Crippen LogP contribution is -2.50. The van der Waals surface area contributed by atoms with Crippen molar-refractivity contribution in [2.75, 3.05) is 5.32 Å². The maximum atomic E-state index is 13.7. The van der Waals surface area contributed by atoms with Crippen LogP contribution >= 0.6 is 11.3 Å². The highest BCUT2D eigenvalue weighted by Crippen LogP contribution is 2.37. The van der Waals surface area contributed by atoms with Crippen molar-refractivity contribution in [1.29, 1.82) is 0 Å². The fourth-order valence-electron chi connectivity index (χ4n) is 5.41. The third-order valence-corrected chi connectivity index (χ3v) is 8.50. The normalized spacial score (nSPS) is 14.6. The van der Waals surface area contributed by atoms with E-state index in [1.54, 1.807) is 32.4 Å². The molecule has 0 atom stereocenters. The van der Waals surface area contributed by atoms with Gasteiger partial charge in [0.2, 0.25) is 0 Å². The Balaban J connectivity index is 1.41. The third kappa shape index (κ3) is 4.97. The van der Waals surface area contributed by atoms with Crippen molar-refractivity contribution in [3.63, 3.8) is 0 Å². The molecule has 5 rings (SSSR count). The number of Topliss-reactive ketones (excluding diaryl/α,β-unsaturated/α-hetero) is 1. The van der Waals surface area contributed by atoms with Crippen LogP contribution in [-0.2, 0) is 17.4 Å². The third-order valence-electron chi connectivity index (χ3n) is 7.64. The number of nitrogens with zero attached hydrogens (tertiary/aromatic N) is 3. The van der Waals surface area contributed by atoms with Gasteiger partial charge in [-0.25, -0.2) is 4.39 Å². The molecule has 0 unspecified atom stereocenters. The van der Waals surface area contributed by atoms with Crippen LogP contribution in [0.2, 0.25) is 0 Å². The minimum Gasteiger partial charge on any atom is -0.344 e. The number of aromatic nitrogens is 3. The van der Waals surface area contributed by atoms with Gasteiger partial charge in [0.05, 0.1) is 16.1 Å². The summed E-state index contributed by atoms with van der Waals surface area (Å²) in [6, 6.07) is 8.05. The molecule has 1 aliphatic rings. The predicted octanol–water partition coefficient (Wildman–Crippen LogP) is 5.61. The zero-order chi connectivity index (χ0) is 28.6. The number of hydrogen-bond acceptors (Lipinski definition) is 7. The molecule has 0 bridgehead atoms. The minimum absolute atomic E-state index is 0.119. The van der Waals surface area contributed by atoms with Gasteiger partial charge in [0.25, 0.3) is 23.5 Å². The average molecular weight is 564 g/mol. The number of aryl methyl sites for hydroxylation is 1. The molecule has 0 aliphatic heterocycles. The van der Waals surface area contributed by atoms with Crippen molar-refractivity contribution >= 4 is 34.6 Å². The Kier molecular flexibility index (Phi) is 7.41. The molecule has 11 heteroatoms. The maximum Gasteiger partial charge on any atom is 0.294 e. The Hall–Kier alpha value is -4.12. The van der Waals surface area contributed by atoms with Crippen LogP contribution < -0.4 is 10.6 Å². The Morgan fingerprint density at radius 1 is 1.10 bits per heavy atom. The Morgan fingerprint density at radius 2 is 1.85 bits per heavy atom. The summed E-state index contributed by atoms with van der Waals surface area (Å²) in [5.74, 6) is -1.65. The number of thiophene rings is 1. The SMILES string of the molecule is Cc1cc(NC(=O)c2c(C)c(C(=O)C(=O)NC3(c4noc(-c5cccs5)n4)CCCCC3)n(C)c2C)ccc1F. The molecular formula is C29H30FN5O4S. The molecule has 1 aliphatic carbocycles. The van der Waals surface area contributed by atoms with Gasteiger partial charge in [0, 0.05) is 18.4 Å². The van der Waals surface area contributed by atoms with Gasteiger partial charge in [-0.05, 0) is 74.4 Å². The number of benzene rings is 1. The topological polar surface area (TPSA) is 119 Å². The first-order valence-corrected chi connectivity index (χ1v) is 14.0. The number of amides is 2. The van der Waals surface area contributed by atoms with Gasteiger partial charge in [-0.1, -0.05) is 30.5 Å². The molecule has 1 aromatic carbocycles. The van der Waals surface area contributed by atoms with Crippen molar-refractivity contribution in [2.24, 2.45) is 7.05 Å². The van der Waals surface area contributed by atoms with Crippen LogP contribution in [0.3, 0.4) is 0 Å². The molecule has 0 radical (unpaired) electrons. The molecule has 2 N–H and O–H groups in total. The molecule has 0 saturated heterocycles. The number of ketones is 1. The standard InChI is InChI=1S/C29H30FN5O4S/c1-16-15-19(10-11-20(16)30)31-25(37)22-17(2)23(35(4)18(22)3)24(36)26(38)33-29(12-6-5-7-13-29)28-32-27(39-34-28)21-9-8-14-40-21/h8-11,14-15H,5-7,12-13H2,1-4H3,(H,31,37)(H,33,38). The van der Waals surface area contributed by atoms with E-state index >= 15 is 0 Å². The van der Waals surface area contributed by atoms with Gasteiger partial charge >= 0.3 is 0 Å². The van der Waals surface area contributed by atoms with Gasteiger partial charge < -0.3 is 19.7 Å². The lowest BCUT2D eigenvalue weighted by atomic mass is 9.80. The van der Waals surface area contributed by atoms with Gasteiger partial charge in [-0.2, -0.15) is 4.98 Å². The summed E-state index contributed by atoms with van der Waals surface area (Å²) in [5, 5.41) is 11.8. The molecule has 3 heterocycles. The first-order chi connectivity index (χ1) is 19.1. The van der Waals surface area contributed by atoms with Crippen LogP contribution in [0.1, 0.15) is 75.6 Å². The van der Waals surface area contributed by atoms with E-state index < -0.39 is 23.1 Å². The van der Waals surface area contributed by atoms with E-state index in [0.29, 0.717) is 47.1 Å². The second-order valence-corrected chi connectivity index (χ2v) is 11.2. The summed E-state index contributed by atoms with van der Waals surface area (Å²) in [6.07, 6.45) is 3.83. The molecule has 3 aromatic heterocycles. The van der Waals surface area contributed by atoms with E-state index in [4.69, 9.17) is 4.52 Å². The Morgan fingerprint density at radius 3 is 2.52 bits per heavy atom. The monoisotopic (exact) mass is 563 g/mol. The van der Waals surface area contributed by atoms with Crippen LogP contribution in [0, 0.1) is 26.6 Å². The first-order valence-electron chi connectivity index (χ1n) is 13.1. The maximum absolute atomic E-state index is 13.7. The van der Waals surface area contributed by atoms with Crippen molar-refractivity contribution in [3.05, 3.63) is 75.4 Å². The molecule has 9 nitrogen and oxygen atoms in total. The highest BCUT2D eigenvalue weighted by Gasteiger charge is 2.42. The lowest BCUT2D eigenvalue weighted by molar-refractivity contribution is -0.119. The quantitative estimate of drug-likeness (QED) is 0.223. The molecule has 2 amide bonds. The second-order valence-electron chi connectivity index (χ2n) is 10.2. The fourth-order valence-corrected chi connectivity index (χ4v) is 6.05.